The first-order valence-electron chi connectivity index (χ1n) is 9.38. The Morgan fingerprint density at radius 1 is 1.16 bits per heavy atom. The lowest BCUT2D eigenvalue weighted by Gasteiger charge is -2.31. The summed E-state index contributed by atoms with van der Waals surface area (Å²) in [6, 6.07) is 13.2. The molecule has 4 rings (SSSR count). The lowest BCUT2D eigenvalue weighted by molar-refractivity contribution is -0.133. The molecular formula is C20H26N4O. The van der Waals surface area contributed by atoms with Crippen molar-refractivity contribution < 1.29 is 4.79 Å². The van der Waals surface area contributed by atoms with Gasteiger partial charge in [0.2, 0.25) is 5.91 Å². The van der Waals surface area contributed by atoms with E-state index in [0.717, 1.165) is 19.5 Å². The quantitative estimate of drug-likeness (QED) is 0.935. The van der Waals surface area contributed by atoms with Crippen molar-refractivity contribution in [3.05, 3.63) is 54.4 Å². The Labute approximate surface area is 149 Å². The van der Waals surface area contributed by atoms with Gasteiger partial charge in [0.05, 0.1) is 0 Å². The highest BCUT2D eigenvalue weighted by Crippen LogP contribution is 2.35. The Morgan fingerprint density at radius 3 is 2.84 bits per heavy atom. The maximum atomic E-state index is 13.0. The maximum absolute atomic E-state index is 13.0. The van der Waals surface area contributed by atoms with Gasteiger partial charge in [-0.1, -0.05) is 43.2 Å². The molecular weight excluding hydrogens is 312 g/mol. The lowest BCUT2D eigenvalue weighted by Crippen LogP contribution is -2.47. The van der Waals surface area contributed by atoms with Gasteiger partial charge in [-0.3, -0.25) is 9.48 Å². The van der Waals surface area contributed by atoms with Crippen LogP contribution in [-0.2, 0) is 11.3 Å². The number of fused-ring (bicyclic) bond motifs is 1. The molecule has 2 fully saturated rings. The molecule has 1 amide bonds. The van der Waals surface area contributed by atoms with Crippen LogP contribution in [0.4, 0.5) is 0 Å². The van der Waals surface area contributed by atoms with Crippen LogP contribution >= 0.6 is 0 Å². The van der Waals surface area contributed by atoms with Crippen molar-refractivity contribution in [2.45, 2.75) is 50.2 Å². The van der Waals surface area contributed by atoms with Crippen molar-refractivity contribution in [1.82, 2.24) is 20.0 Å². The van der Waals surface area contributed by atoms with Crippen molar-refractivity contribution in [2.75, 3.05) is 13.1 Å². The molecule has 2 aliphatic heterocycles. The van der Waals surface area contributed by atoms with Gasteiger partial charge in [-0.05, 0) is 31.0 Å². The molecule has 0 bridgehead atoms. The minimum atomic E-state index is 0.180. The van der Waals surface area contributed by atoms with E-state index in [-0.39, 0.29) is 11.9 Å². The van der Waals surface area contributed by atoms with Gasteiger partial charge in [0.15, 0.2) is 0 Å². The number of hydrogen-bond donors (Lipinski definition) is 1. The van der Waals surface area contributed by atoms with Crippen LogP contribution in [0.2, 0.25) is 0 Å². The fourth-order valence-electron chi connectivity index (χ4n) is 4.38. The normalized spacial score (nSPS) is 26.7. The molecule has 0 unspecified atom stereocenters. The van der Waals surface area contributed by atoms with Crippen molar-refractivity contribution in [3.63, 3.8) is 0 Å². The van der Waals surface area contributed by atoms with E-state index in [0.29, 0.717) is 18.5 Å². The van der Waals surface area contributed by atoms with Crippen LogP contribution in [0.3, 0.4) is 0 Å². The second kappa shape index (κ2) is 7.40. The number of rotatable bonds is 3. The lowest BCUT2D eigenvalue weighted by atomic mass is 9.88. The molecule has 1 aromatic heterocycles. The fraction of sp³-hybridized carbons (Fsp3) is 0.500. The molecule has 1 aromatic carbocycles. The summed E-state index contributed by atoms with van der Waals surface area (Å²) < 4.78 is 1.73. The number of nitrogens with zero attached hydrogens (tertiary/aromatic N) is 3. The predicted molar refractivity (Wildman–Crippen MR) is 97.2 cm³/mol. The maximum Gasteiger partial charge on any atom is 0.244 e. The van der Waals surface area contributed by atoms with Crippen LogP contribution in [0, 0.1) is 0 Å². The molecule has 3 atom stereocenters. The molecule has 0 aliphatic carbocycles. The Balaban J connectivity index is 1.58. The fourth-order valence-corrected chi connectivity index (χ4v) is 4.38. The number of carbonyl (C=O) groups is 1. The van der Waals surface area contributed by atoms with Gasteiger partial charge in [-0.2, -0.15) is 5.10 Å². The van der Waals surface area contributed by atoms with Gasteiger partial charge in [0, 0.05) is 36.9 Å². The van der Waals surface area contributed by atoms with E-state index in [4.69, 9.17) is 0 Å². The van der Waals surface area contributed by atoms with Gasteiger partial charge >= 0.3 is 0 Å². The van der Waals surface area contributed by atoms with E-state index >= 15 is 0 Å². The van der Waals surface area contributed by atoms with Gasteiger partial charge < -0.3 is 10.2 Å². The zero-order valence-corrected chi connectivity index (χ0v) is 14.6. The third-order valence-electron chi connectivity index (χ3n) is 5.60. The van der Waals surface area contributed by atoms with E-state index in [1.807, 2.05) is 12.3 Å². The van der Waals surface area contributed by atoms with Crippen LogP contribution in [0.25, 0.3) is 0 Å². The van der Waals surface area contributed by atoms with Crippen LogP contribution in [0.1, 0.15) is 37.2 Å². The first-order chi connectivity index (χ1) is 12.3. The van der Waals surface area contributed by atoms with E-state index in [1.54, 1.807) is 10.9 Å². The summed E-state index contributed by atoms with van der Waals surface area (Å²) in [5.74, 6) is 0.547. The zero-order chi connectivity index (χ0) is 17.1. The monoisotopic (exact) mass is 338 g/mol. The Bertz CT molecular complexity index is 685. The highest BCUT2D eigenvalue weighted by atomic mass is 16.2. The van der Waals surface area contributed by atoms with Gasteiger partial charge in [-0.15, -0.1) is 0 Å². The standard InChI is InChI=1S/C20H26N4O/c25-19(15-23-13-7-12-22-23)24-14-17(16-8-3-1-4-9-16)20-18(24)10-5-2-6-11-21-20/h1,3-4,7-9,12-13,17-18,20-21H,2,5-6,10-11,14-15H2/t17-,18-,20-/m0/s1. The van der Waals surface area contributed by atoms with Crippen molar-refractivity contribution >= 4 is 5.91 Å². The molecule has 0 saturated carbocycles. The van der Waals surface area contributed by atoms with E-state index in [2.05, 4.69) is 45.6 Å². The minimum Gasteiger partial charge on any atom is -0.336 e. The van der Waals surface area contributed by atoms with Gasteiger partial charge in [0.1, 0.15) is 6.54 Å². The van der Waals surface area contributed by atoms with E-state index < -0.39 is 0 Å². The van der Waals surface area contributed by atoms with E-state index in [1.165, 1.54) is 24.8 Å². The Hall–Kier alpha value is -2.14. The van der Waals surface area contributed by atoms with Crippen molar-refractivity contribution in [1.29, 1.82) is 0 Å². The number of carbonyl (C=O) groups excluding carboxylic acids is 1. The van der Waals surface area contributed by atoms with Gasteiger partial charge in [-0.25, -0.2) is 0 Å². The predicted octanol–water partition coefficient (Wildman–Crippen LogP) is 2.41. The third-order valence-corrected chi connectivity index (χ3v) is 5.60. The average Bonchev–Trinajstić information content (AvgIpc) is 3.23. The highest BCUT2D eigenvalue weighted by molar-refractivity contribution is 5.77. The van der Waals surface area contributed by atoms with Crippen molar-refractivity contribution in [2.24, 2.45) is 0 Å². The zero-order valence-electron chi connectivity index (χ0n) is 14.6. The highest BCUT2D eigenvalue weighted by Gasteiger charge is 2.44. The summed E-state index contributed by atoms with van der Waals surface area (Å²) >= 11 is 0. The molecule has 3 heterocycles. The van der Waals surface area contributed by atoms with Crippen molar-refractivity contribution in [3.8, 4) is 0 Å². The van der Waals surface area contributed by atoms with Gasteiger partial charge in [0.25, 0.3) is 0 Å². The number of amides is 1. The average molecular weight is 338 g/mol. The molecule has 2 aromatic rings. The first-order valence-corrected chi connectivity index (χ1v) is 9.38. The van der Waals surface area contributed by atoms with Crippen LogP contribution in [0.5, 0.6) is 0 Å². The molecule has 2 saturated heterocycles. The van der Waals surface area contributed by atoms with Crippen LogP contribution in [-0.4, -0.2) is 45.8 Å². The van der Waals surface area contributed by atoms with Crippen LogP contribution in [0.15, 0.2) is 48.8 Å². The minimum absolute atomic E-state index is 0.180. The third kappa shape index (κ3) is 3.47. The molecule has 2 aliphatic rings. The number of hydrogen-bond acceptors (Lipinski definition) is 3. The largest absolute Gasteiger partial charge is 0.336 e. The van der Waals surface area contributed by atoms with E-state index in [9.17, 15) is 4.79 Å². The summed E-state index contributed by atoms with van der Waals surface area (Å²) in [7, 11) is 0. The number of likely N-dealkylation sites (tertiary alicyclic amines) is 1. The molecule has 1 N–H and O–H groups in total. The molecule has 0 spiro atoms. The molecule has 5 heteroatoms. The molecule has 132 valence electrons. The number of nitrogens with one attached hydrogen (secondary N) is 1. The summed E-state index contributed by atoms with van der Waals surface area (Å²) in [4.78, 5) is 15.1. The second-order valence-corrected chi connectivity index (χ2v) is 7.16. The molecule has 0 radical (unpaired) electrons. The number of aromatic nitrogens is 2. The first kappa shape index (κ1) is 16.3. The van der Waals surface area contributed by atoms with Crippen LogP contribution < -0.4 is 5.32 Å². The molecule has 5 nitrogen and oxygen atoms in total. The summed E-state index contributed by atoms with van der Waals surface area (Å²) in [6.45, 7) is 2.18. The number of benzene rings is 1. The molecule has 25 heavy (non-hydrogen) atoms. The SMILES string of the molecule is O=C(Cn1cccn1)N1C[C@@H](c2ccccc2)[C@@H]2NCCCCC[C@@H]21. The Kier molecular flexibility index (Phi) is 4.83. The summed E-state index contributed by atoms with van der Waals surface area (Å²) in [5, 5.41) is 7.96. The Morgan fingerprint density at radius 2 is 2.04 bits per heavy atom. The summed E-state index contributed by atoms with van der Waals surface area (Å²) in [5.41, 5.74) is 1.33. The second-order valence-electron chi connectivity index (χ2n) is 7.16. The summed E-state index contributed by atoms with van der Waals surface area (Å²) in [6.07, 6.45) is 8.35. The topological polar surface area (TPSA) is 50.2 Å². The smallest absolute Gasteiger partial charge is 0.244 e.